The molecule has 1 N–H and O–H groups in total. The Hall–Kier alpha value is -2.09. The minimum Gasteiger partial charge on any atom is -0.496 e. The van der Waals surface area contributed by atoms with E-state index >= 15 is 0 Å². The molecule has 0 spiro atoms. The summed E-state index contributed by atoms with van der Waals surface area (Å²) in [6.07, 6.45) is 1.65. The lowest BCUT2D eigenvalue weighted by Crippen LogP contribution is -2.29. The number of sulfonamides is 1. The van der Waals surface area contributed by atoms with Gasteiger partial charge in [0, 0.05) is 24.2 Å². The fourth-order valence-electron chi connectivity index (χ4n) is 3.29. The van der Waals surface area contributed by atoms with Gasteiger partial charge in [0.25, 0.3) is 5.91 Å². The van der Waals surface area contributed by atoms with Crippen LogP contribution in [-0.4, -0.2) is 38.8 Å². The molecule has 150 valence electrons. The molecular weight excluding hydrogens is 400 g/mol. The van der Waals surface area contributed by atoms with E-state index in [4.69, 9.17) is 16.3 Å². The molecule has 3 rings (SSSR count). The first-order chi connectivity index (χ1) is 13.3. The van der Waals surface area contributed by atoms with E-state index in [-0.39, 0.29) is 27.4 Å². The number of rotatable bonds is 6. The van der Waals surface area contributed by atoms with Crippen LogP contribution in [0.2, 0.25) is 5.02 Å². The third-order valence-electron chi connectivity index (χ3n) is 4.83. The highest BCUT2D eigenvalue weighted by atomic mass is 35.5. The first kappa shape index (κ1) is 20.6. The Balaban J connectivity index is 1.85. The smallest absolute Gasteiger partial charge is 0.251 e. The van der Waals surface area contributed by atoms with Crippen LogP contribution < -0.4 is 10.1 Å². The molecule has 28 heavy (non-hydrogen) atoms. The fraction of sp³-hybridized carbons (Fsp3) is 0.350. The van der Waals surface area contributed by atoms with Crippen molar-refractivity contribution < 1.29 is 17.9 Å². The Labute approximate surface area is 170 Å². The Kier molecular flexibility index (Phi) is 6.27. The van der Waals surface area contributed by atoms with E-state index in [2.05, 4.69) is 5.32 Å². The zero-order valence-electron chi connectivity index (χ0n) is 15.8. The molecule has 1 aliphatic rings. The van der Waals surface area contributed by atoms with Gasteiger partial charge in [-0.25, -0.2) is 8.42 Å². The van der Waals surface area contributed by atoms with Crippen LogP contribution in [0.15, 0.2) is 47.4 Å². The molecule has 1 aliphatic heterocycles. The fourth-order valence-corrected chi connectivity index (χ4v) is 5.31. The van der Waals surface area contributed by atoms with Crippen molar-refractivity contribution in [3.05, 3.63) is 58.6 Å². The Bertz CT molecular complexity index is 972. The van der Waals surface area contributed by atoms with Gasteiger partial charge in [0.1, 0.15) is 10.6 Å². The predicted molar refractivity (Wildman–Crippen MR) is 108 cm³/mol. The number of carbonyl (C=O) groups excluding carboxylic acids is 1. The summed E-state index contributed by atoms with van der Waals surface area (Å²) in [5.74, 6) is 0.289. The van der Waals surface area contributed by atoms with Gasteiger partial charge in [-0.3, -0.25) is 4.79 Å². The Morgan fingerprint density at radius 2 is 1.86 bits per heavy atom. The molecule has 1 saturated heterocycles. The van der Waals surface area contributed by atoms with Crippen LogP contribution in [0.1, 0.15) is 41.7 Å². The topological polar surface area (TPSA) is 75.7 Å². The largest absolute Gasteiger partial charge is 0.496 e. The number of methoxy groups -OCH3 is 1. The molecule has 0 aromatic heterocycles. The SMILES string of the molecule is COc1ccccc1[C@@H](C)NC(=O)c1ccc(Cl)c(S(=O)(=O)N2CCCC2)c1. The average molecular weight is 423 g/mol. The number of hydrogen-bond donors (Lipinski definition) is 1. The van der Waals surface area contributed by atoms with Crippen LogP contribution in [0, 0.1) is 0 Å². The number of carbonyl (C=O) groups is 1. The number of ether oxygens (including phenoxy) is 1. The van der Waals surface area contributed by atoms with Gasteiger partial charge in [-0.15, -0.1) is 0 Å². The number of halogens is 1. The van der Waals surface area contributed by atoms with Gasteiger partial charge < -0.3 is 10.1 Å². The van der Waals surface area contributed by atoms with Crippen LogP contribution in [0.3, 0.4) is 0 Å². The molecule has 1 fully saturated rings. The van der Waals surface area contributed by atoms with Crippen molar-refractivity contribution >= 4 is 27.5 Å². The number of hydrogen-bond acceptors (Lipinski definition) is 4. The third-order valence-corrected chi connectivity index (χ3v) is 7.21. The van der Waals surface area contributed by atoms with E-state index in [1.807, 2.05) is 31.2 Å². The minimum absolute atomic E-state index is 0.0336. The Morgan fingerprint density at radius 1 is 1.18 bits per heavy atom. The molecule has 0 bridgehead atoms. The lowest BCUT2D eigenvalue weighted by Gasteiger charge is -2.19. The predicted octanol–water partition coefficient (Wildman–Crippen LogP) is 3.62. The summed E-state index contributed by atoms with van der Waals surface area (Å²) in [5, 5.41) is 3.00. The van der Waals surface area contributed by atoms with E-state index < -0.39 is 10.0 Å². The third kappa shape index (κ3) is 4.16. The normalized spacial score (nSPS) is 16.0. The van der Waals surface area contributed by atoms with Gasteiger partial charge in [-0.1, -0.05) is 29.8 Å². The van der Waals surface area contributed by atoms with Crippen LogP contribution in [0.25, 0.3) is 0 Å². The number of para-hydroxylation sites is 1. The first-order valence-electron chi connectivity index (χ1n) is 9.08. The molecule has 0 aliphatic carbocycles. The number of amides is 1. The van der Waals surface area contributed by atoms with Gasteiger partial charge in [-0.2, -0.15) is 4.31 Å². The Morgan fingerprint density at radius 3 is 2.54 bits per heavy atom. The minimum atomic E-state index is -3.72. The second-order valence-electron chi connectivity index (χ2n) is 6.69. The van der Waals surface area contributed by atoms with Gasteiger partial charge in [0.2, 0.25) is 10.0 Å². The van der Waals surface area contributed by atoms with Gasteiger partial charge in [0.15, 0.2) is 0 Å². The van der Waals surface area contributed by atoms with Gasteiger partial charge in [-0.05, 0) is 44.0 Å². The van der Waals surface area contributed by atoms with E-state index in [1.165, 1.54) is 22.5 Å². The molecule has 2 aromatic rings. The molecule has 1 heterocycles. The second kappa shape index (κ2) is 8.51. The average Bonchev–Trinajstić information content (AvgIpc) is 3.23. The molecule has 6 nitrogen and oxygen atoms in total. The van der Waals surface area contributed by atoms with E-state index in [1.54, 1.807) is 7.11 Å². The molecule has 8 heteroatoms. The zero-order valence-corrected chi connectivity index (χ0v) is 17.4. The number of benzene rings is 2. The van der Waals surface area contributed by atoms with Crippen molar-refractivity contribution in [1.29, 1.82) is 0 Å². The molecule has 0 radical (unpaired) electrons. The lowest BCUT2D eigenvalue weighted by molar-refractivity contribution is 0.0939. The second-order valence-corrected chi connectivity index (χ2v) is 9.01. The molecule has 2 aromatic carbocycles. The monoisotopic (exact) mass is 422 g/mol. The molecule has 0 unspecified atom stereocenters. The maximum Gasteiger partial charge on any atom is 0.251 e. The van der Waals surface area contributed by atoms with Crippen molar-refractivity contribution in [2.75, 3.05) is 20.2 Å². The van der Waals surface area contributed by atoms with Crippen molar-refractivity contribution in [3.63, 3.8) is 0 Å². The maximum absolute atomic E-state index is 12.9. The highest BCUT2D eigenvalue weighted by Gasteiger charge is 2.30. The van der Waals surface area contributed by atoms with Crippen LogP contribution in [0.4, 0.5) is 0 Å². The molecule has 1 amide bonds. The van der Waals surface area contributed by atoms with Gasteiger partial charge in [0.05, 0.1) is 18.2 Å². The summed E-state index contributed by atoms with van der Waals surface area (Å²) >= 11 is 6.15. The maximum atomic E-state index is 12.9. The van der Waals surface area contributed by atoms with Crippen molar-refractivity contribution in [3.8, 4) is 5.75 Å². The van der Waals surface area contributed by atoms with E-state index in [0.717, 1.165) is 18.4 Å². The van der Waals surface area contributed by atoms with Crippen molar-refractivity contribution in [1.82, 2.24) is 9.62 Å². The quantitative estimate of drug-likeness (QED) is 0.771. The van der Waals surface area contributed by atoms with Crippen LogP contribution >= 0.6 is 11.6 Å². The zero-order chi connectivity index (χ0) is 20.3. The summed E-state index contributed by atoms with van der Waals surface area (Å²) in [4.78, 5) is 12.7. The number of nitrogens with one attached hydrogen (secondary N) is 1. The summed E-state index contributed by atoms with van der Waals surface area (Å²) in [6, 6.07) is 11.4. The van der Waals surface area contributed by atoms with Crippen LogP contribution in [0.5, 0.6) is 5.75 Å². The standard InChI is InChI=1S/C20H23ClN2O4S/c1-14(16-7-3-4-8-18(16)27-2)22-20(24)15-9-10-17(21)19(13-15)28(25,26)23-11-5-6-12-23/h3-4,7-10,13-14H,5-6,11-12H2,1-2H3,(H,22,24)/t14-/m1/s1. The van der Waals surface area contributed by atoms with Gasteiger partial charge >= 0.3 is 0 Å². The highest BCUT2D eigenvalue weighted by molar-refractivity contribution is 7.89. The number of nitrogens with zero attached hydrogens (tertiary/aromatic N) is 1. The molecular formula is C20H23ClN2O4S. The summed E-state index contributed by atoms with van der Waals surface area (Å²) < 4.78 is 32.4. The van der Waals surface area contributed by atoms with E-state index in [0.29, 0.717) is 18.8 Å². The lowest BCUT2D eigenvalue weighted by atomic mass is 10.1. The summed E-state index contributed by atoms with van der Waals surface area (Å²) in [5.41, 5.74) is 1.07. The molecule has 1 atom stereocenters. The van der Waals surface area contributed by atoms with Crippen LogP contribution in [-0.2, 0) is 10.0 Å². The molecule has 0 saturated carbocycles. The summed E-state index contributed by atoms with van der Waals surface area (Å²) in [6.45, 7) is 2.79. The van der Waals surface area contributed by atoms with Crippen molar-refractivity contribution in [2.24, 2.45) is 0 Å². The first-order valence-corrected chi connectivity index (χ1v) is 10.9. The van der Waals surface area contributed by atoms with Crippen molar-refractivity contribution in [2.45, 2.75) is 30.7 Å². The highest BCUT2D eigenvalue weighted by Crippen LogP contribution is 2.29. The summed E-state index contributed by atoms with van der Waals surface area (Å²) in [7, 11) is -2.14. The van der Waals surface area contributed by atoms with E-state index in [9.17, 15) is 13.2 Å².